The molecule has 2 aliphatic heterocycles. The molecule has 1 aromatic carbocycles. The van der Waals surface area contributed by atoms with Crippen molar-refractivity contribution in [2.24, 2.45) is 11.8 Å². The van der Waals surface area contributed by atoms with Gasteiger partial charge in [0, 0.05) is 18.4 Å². The normalized spacial score (nSPS) is 30.0. The predicted molar refractivity (Wildman–Crippen MR) is 99.7 cm³/mol. The Labute approximate surface area is 163 Å². The van der Waals surface area contributed by atoms with Crippen LogP contribution in [0.5, 0.6) is 5.75 Å². The van der Waals surface area contributed by atoms with E-state index in [9.17, 15) is 14.0 Å². The van der Waals surface area contributed by atoms with Gasteiger partial charge in [-0.3, -0.25) is 9.69 Å². The minimum Gasteiger partial charge on any atom is -0.485 e. The first-order chi connectivity index (χ1) is 13.4. The van der Waals surface area contributed by atoms with Gasteiger partial charge >= 0.3 is 5.97 Å². The molecule has 0 N–H and O–H groups in total. The van der Waals surface area contributed by atoms with Gasteiger partial charge in [0.2, 0.25) is 5.91 Å². The minimum atomic E-state index is -0.763. The first kappa shape index (κ1) is 19.2. The number of ether oxygens (including phenoxy) is 3. The summed E-state index contributed by atoms with van der Waals surface area (Å²) in [6.45, 7) is 4.79. The molecule has 28 heavy (non-hydrogen) atoms. The predicted octanol–water partition coefficient (Wildman–Crippen LogP) is 3.67. The molecule has 6 nitrogen and oxygen atoms in total. The first-order valence-electron chi connectivity index (χ1n) is 10.1. The fraction of sp³-hybridized carbons (Fsp3) is 0.619. The van der Waals surface area contributed by atoms with Crippen molar-refractivity contribution < 1.29 is 28.2 Å². The topological polar surface area (TPSA) is 65.1 Å². The summed E-state index contributed by atoms with van der Waals surface area (Å²) in [5.74, 6) is -0.799. The molecule has 3 aliphatic rings. The molecule has 2 atom stereocenters. The highest BCUT2D eigenvalue weighted by molar-refractivity contribution is 6.06. The van der Waals surface area contributed by atoms with E-state index in [-0.39, 0.29) is 34.9 Å². The standard InChI is InChI=1S/C21H26FNO5/c1-12-3-5-14(6-4-12)20(24)23-13(2)27-21(25)16-9-19(17(22)10-18(16)23)28-15-7-8-26-11-15/h9-10,12-15H,3-8,11H2,1-2H3. The summed E-state index contributed by atoms with van der Waals surface area (Å²) in [5.41, 5.74) is 0.422. The number of halogens is 1. The zero-order valence-electron chi connectivity index (χ0n) is 16.3. The lowest BCUT2D eigenvalue weighted by atomic mass is 9.82. The second kappa shape index (κ2) is 7.70. The molecule has 7 heteroatoms. The number of hydrogen-bond acceptors (Lipinski definition) is 5. The van der Waals surface area contributed by atoms with E-state index in [0.717, 1.165) is 25.7 Å². The Morgan fingerprint density at radius 1 is 1.18 bits per heavy atom. The Morgan fingerprint density at radius 3 is 2.61 bits per heavy atom. The summed E-state index contributed by atoms with van der Waals surface area (Å²) in [6.07, 6.45) is 3.26. The third kappa shape index (κ3) is 3.60. The summed E-state index contributed by atoms with van der Waals surface area (Å²) >= 11 is 0. The number of carbonyl (C=O) groups excluding carboxylic acids is 2. The maximum Gasteiger partial charge on any atom is 0.342 e. The van der Waals surface area contributed by atoms with Crippen molar-refractivity contribution >= 4 is 17.6 Å². The largest absolute Gasteiger partial charge is 0.485 e. The number of fused-ring (bicyclic) bond motifs is 1. The van der Waals surface area contributed by atoms with Gasteiger partial charge in [-0.05, 0) is 44.6 Å². The van der Waals surface area contributed by atoms with E-state index in [4.69, 9.17) is 14.2 Å². The third-order valence-corrected chi connectivity index (χ3v) is 5.95. The highest BCUT2D eigenvalue weighted by Gasteiger charge is 2.39. The van der Waals surface area contributed by atoms with Gasteiger partial charge in [-0.1, -0.05) is 6.92 Å². The molecule has 1 aromatic rings. The summed E-state index contributed by atoms with van der Waals surface area (Å²) in [7, 11) is 0. The molecular weight excluding hydrogens is 365 g/mol. The quantitative estimate of drug-likeness (QED) is 0.736. The molecule has 4 rings (SSSR count). The molecule has 152 valence electrons. The van der Waals surface area contributed by atoms with Crippen LogP contribution in [-0.2, 0) is 14.3 Å². The second-order valence-corrected chi connectivity index (χ2v) is 8.07. The molecule has 0 bridgehead atoms. The van der Waals surface area contributed by atoms with Gasteiger partial charge in [-0.25, -0.2) is 9.18 Å². The number of esters is 1. The number of carbonyl (C=O) groups is 2. The van der Waals surface area contributed by atoms with Crippen molar-refractivity contribution in [3.63, 3.8) is 0 Å². The molecule has 1 amide bonds. The Hall–Kier alpha value is -2.15. The van der Waals surface area contributed by atoms with Gasteiger partial charge in [0.25, 0.3) is 0 Å². The smallest absolute Gasteiger partial charge is 0.342 e. The average Bonchev–Trinajstić information content (AvgIpc) is 3.16. The van der Waals surface area contributed by atoms with Crippen LogP contribution >= 0.6 is 0 Å². The van der Waals surface area contributed by atoms with Gasteiger partial charge in [0.15, 0.2) is 17.8 Å². The Bertz CT molecular complexity index is 768. The molecule has 0 radical (unpaired) electrons. The third-order valence-electron chi connectivity index (χ3n) is 5.95. The molecule has 0 spiro atoms. The highest BCUT2D eigenvalue weighted by atomic mass is 19.1. The number of amides is 1. The number of hydrogen-bond donors (Lipinski definition) is 0. The molecule has 2 unspecified atom stereocenters. The lowest BCUT2D eigenvalue weighted by Gasteiger charge is -2.38. The average molecular weight is 391 g/mol. The number of cyclic esters (lactones) is 1. The van der Waals surface area contributed by atoms with Gasteiger partial charge in [-0.15, -0.1) is 0 Å². The van der Waals surface area contributed by atoms with Gasteiger partial charge in [-0.2, -0.15) is 0 Å². The summed E-state index contributed by atoms with van der Waals surface area (Å²) in [6, 6.07) is 2.57. The van der Waals surface area contributed by atoms with Crippen molar-refractivity contribution in [1.29, 1.82) is 0 Å². The lowest BCUT2D eigenvalue weighted by Crippen LogP contribution is -2.48. The van der Waals surface area contributed by atoms with Crippen LogP contribution in [0.3, 0.4) is 0 Å². The molecule has 2 heterocycles. The van der Waals surface area contributed by atoms with E-state index in [1.54, 1.807) is 6.92 Å². The van der Waals surface area contributed by atoms with E-state index in [2.05, 4.69) is 6.92 Å². The molecule has 0 aromatic heterocycles. The van der Waals surface area contributed by atoms with Gasteiger partial charge in [0.05, 0.1) is 24.5 Å². The Kier molecular flexibility index (Phi) is 5.27. The van der Waals surface area contributed by atoms with E-state index in [0.29, 0.717) is 25.6 Å². The number of nitrogens with zero attached hydrogens (tertiary/aromatic N) is 1. The van der Waals surface area contributed by atoms with Crippen LogP contribution in [0.2, 0.25) is 0 Å². The van der Waals surface area contributed by atoms with Crippen LogP contribution in [0.15, 0.2) is 12.1 Å². The maximum absolute atomic E-state index is 14.8. The summed E-state index contributed by atoms with van der Waals surface area (Å²) < 4.78 is 31.1. The maximum atomic E-state index is 14.8. The van der Waals surface area contributed by atoms with Crippen LogP contribution in [0.1, 0.15) is 56.3 Å². The number of benzene rings is 1. The monoisotopic (exact) mass is 391 g/mol. The molecule has 1 aliphatic carbocycles. The van der Waals surface area contributed by atoms with Crippen LogP contribution in [0.4, 0.5) is 10.1 Å². The lowest BCUT2D eigenvalue weighted by molar-refractivity contribution is -0.125. The number of anilines is 1. The Morgan fingerprint density at radius 2 is 1.93 bits per heavy atom. The molecule has 2 fully saturated rings. The summed E-state index contributed by atoms with van der Waals surface area (Å²) in [4.78, 5) is 27.0. The van der Waals surface area contributed by atoms with E-state index in [1.807, 2.05) is 0 Å². The van der Waals surface area contributed by atoms with E-state index < -0.39 is 18.0 Å². The zero-order chi connectivity index (χ0) is 19.8. The van der Waals surface area contributed by atoms with Crippen molar-refractivity contribution in [3.05, 3.63) is 23.5 Å². The van der Waals surface area contributed by atoms with Crippen LogP contribution in [0.25, 0.3) is 0 Å². The zero-order valence-corrected chi connectivity index (χ0v) is 16.3. The highest BCUT2D eigenvalue weighted by Crippen LogP contribution is 2.38. The van der Waals surface area contributed by atoms with Crippen LogP contribution < -0.4 is 9.64 Å². The minimum absolute atomic E-state index is 0.0142. The Balaban J connectivity index is 1.63. The fourth-order valence-corrected chi connectivity index (χ4v) is 4.25. The van der Waals surface area contributed by atoms with E-state index >= 15 is 0 Å². The van der Waals surface area contributed by atoms with Gasteiger partial charge < -0.3 is 14.2 Å². The van der Waals surface area contributed by atoms with Crippen LogP contribution in [0, 0.1) is 17.7 Å². The van der Waals surface area contributed by atoms with Gasteiger partial charge in [0.1, 0.15) is 6.10 Å². The molecular formula is C21H26FNO5. The second-order valence-electron chi connectivity index (χ2n) is 8.07. The van der Waals surface area contributed by atoms with E-state index in [1.165, 1.54) is 17.0 Å². The SMILES string of the molecule is CC1CCC(C(=O)N2c3cc(F)c(OC4CCOC4)cc3C(=O)OC2C)CC1. The van der Waals surface area contributed by atoms with Crippen LogP contribution in [-0.4, -0.2) is 37.4 Å². The fourth-order valence-electron chi connectivity index (χ4n) is 4.25. The molecule has 1 saturated heterocycles. The first-order valence-corrected chi connectivity index (χ1v) is 10.1. The number of rotatable bonds is 3. The van der Waals surface area contributed by atoms with Crippen molar-refractivity contribution in [3.8, 4) is 5.75 Å². The summed E-state index contributed by atoms with van der Waals surface area (Å²) in [5, 5.41) is 0. The van der Waals surface area contributed by atoms with Crippen molar-refractivity contribution in [2.45, 2.75) is 58.3 Å². The molecule has 1 saturated carbocycles. The van der Waals surface area contributed by atoms with Crippen molar-refractivity contribution in [2.75, 3.05) is 18.1 Å². The van der Waals surface area contributed by atoms with Crippen molar-refractivity contribution in [1.82, 2.24) is 0 Å².